The molecule has 0 radical (unpaired) electrons. The van der Waals surface area contributed by atoms with Crippen LogP contribution in [-0.4, -0.2) is 66.0 Å². The molecule has 8 nitrogen and oxygen atoms in total. The van der Waals surface area contributed by atoms with Crippen LogP contribution in [0.15, 0.2) is 65.6 Å². The summed E-state index contributed by atoms with van der Waals surface area (Å²) in [6.07, 6.45) is 0. The van der Waals surface area contributed by atoms with Crippen molar-refractivity contribution in [1.82, 2.24) is 19.0 Å². The quantitative estimate of drug-likeness (QED) is 0.577. The number of carbonyl (C=O) groups is 1. The largest absolute Gasteiger partial charge is 0.310 e. The second-order valence-corrected chi connectivity index (χ2v) is 10.3. The van der Waals surface area contributed by atoms with Gasteiger partial charge >= 0.3 is 0 Å². The van der Waals surface area contributed by atoms with E-state index >= 15 is 0 Å². The molecular weight excluding hydrogens is 438 g/mol. The molecule has 4 rings (SSSR count). The van der Waals surface area contributed by atoms with Crippen LogP contribution >= 0.6 is 0 Å². The number of amides is 1. The molecule has 1 N–H and O–H groups in total. The van der Waals surface area contributed by atoms with E-state index in [1.165, 1.54) is 4.31 Å². The monoisotopic (exact) mass is 467 g/mol. The second-order valence-electron chi connectivity index (χ2n) is 8.36. The SMILES string of the molecule is Cc1ccc(S(=O)(=O)N2CCN(CC(=O)Nc3cc(C)nn3Cc3ccccc3)CC2)cc1. The summed E-state index contributed by atoms with van der Waals surface area (Å²) in [5, 5.41) is 7.45. The normalized spacial score (nSPS) is 15.5. The maximum atomic E-state index is 12.9. The van der Waals surface area contributed by atoms with Gasteiger partial charge in [0.05, 0.1) is 23.7 Å². The molecule has 1 saturated heterocycles. The maximum absolute atomic E-state index is 12.9. The fraction of sp³-hybridized carbons (Fsp3) is 0.333. The molecule has 1 aliphatic rings. The van der Waals surface area contributed by atoms with Crippen LogP contribution in [0, 0.1) is 13.8 Å². The second kappa shape index (κ2) is 9.86. The Labute approximate surface area is 194 Å². The van der Waals surface area contributed by atoms with Crippen molar-refractivity contribution in [2.45, 2.75) is 25.3 Å². The molecule has 0 unspecified atom stereocenters. The van der Waals surface area contributed by atoms with Crippen molar-refractivity contribution in [3.05, 3.63) is 77.5 Å². The molecule has 174 valence electrons. The molecule has 3 aromatic rings. The van der Waals surface area contributed by atoms with Gasteiger partial charge in [-0.25, -0.2) is 13.1 Å². The van der Waals surface area contributed by atoms with Crippen molar-refractivity contribution < 1.29 is 13.2 Å². The maximum Gasteiger partial charge on any atom is 0.243 e. The Balaban J connectivity index is 1.32. The summed E-state index contributed by atoms with van der Waals surface area (Å²) in [4.78, 5) is 15.0. The molecule has 1 aromatic heterocycles. The number of benzene rings is 2. The predicted octanol–water partition coefficient (Wildman–Crippen LogP) is 2.49. The summed E-state index contributed by atoms with van der Waals surface area (Å²) in [6.45, 7) is 6.31. The van der Waals surface area contributed by atoms with Crippen molar-refractivity contribution in [3.63, 3.8) is 0 Å². The van der Waals surface area contributed by atoms with Crippen LogP contribution in [0.3, 0.4) is 0 Å². The third kappa shape index (κ3) is 5.68. The van der Waals surface area contributed by atoms with Gasteiger partial charge in [0.15, 0.2) is 0 Å². The first-order valence-corrected chi connectivity index (χ1v) is 12.4. The van der Waals surface area contributed by atoms with Gasteiger partial charge in [0.2, 0.25) is 15.9 Å². The van der Waals surface area contributed by atoms with Crippen LogP contribution in [0.5, 0.6) is 0 Å². The molecular formula is C24H29N5O3S. The lowest BCUT2D eigenvalue weighted by atomic mass is 10.2. The van der Waals surface area contributed by atoms with Crippen molar-refractivity contribution in [2.75, 3.05) is 38.0 Å². The molecule has 1 fully saturated rings. The summed E-state index contributed by atoms with van der Waals surface area (Å²) in [5.41, 5.74) is 2.95. The number of nitrogens with one attached hydrogen (secondary N) is 1. The van der Waals surface area contributed by atoms with Crippen molar-refractivity contribution in [3.8, 4) is 0 Å². The van der Waals surface area contributed by atoms with E-state index in [0.717, 1.165) is 16.8 Å². The fourth-order valence-electron chi connectivity index (χ4n) is 3.90. The van der Waals surface area contributed by atoms with Gasteiger partial charge < -0.3 is 5.32 Å². The number of nitrogens with zero attached hydrogens (tertiary/aromatic N) is 4. The van der Waals surface area contributed by atoms with Gasteiger partial charge in [-0.05, 0) is 31.5 Å². The van der Waals surface area contributed by atoms with Crippen LogP contribution in [0.25, 0.3) is 0 Å². The Morgan fingerprint density at radius 3 is 2.30 bits per heavy atom. The summed E-state index contributed by atoms with van der Waals surface area (Å²) >= 11 is 0. The third-order valence-electron chi connectivity index (χ3n) is 5.70. The number of carbonyl (C=O) groups excluding carboxylic acids is 1. The van der Waals surface area contributed by atoms with E-state index in [2.05, 4.69) is 10.4 Å². The highest BCUT2D eigenvalue weighted by molar-refractivity contribution is 7.89. The molecule has 0 bridgehead atoms. The number of aryl methyl sites for hydroxylation is 2. The van der Waals surface area contributed by atoms with E-state index in [0.29, 0.717) is 43.4 Å². The number of sulfonamides is 1. The lowest BCUT2D eigenvalue weighted by molar-refractivity contribution is -0.117. The zero-order chi connectivity index (χ0) is 23.4. The number of piperazine rings is 1. The van der Waals surface area contributed by atoms with E-state index in [1.807, 2.05) is 55.1 Å². The van der Waals surface area contributed by atoms with Gasteiger partial charge in [0, 0.05) is 32.2 Å². The highest BCUT2D eigenvalue weighted by Gasteiger charge is 2.29. The Morgan fingerprint density at radius 1 is 0.970 bits per heavy atom. The third-order valence-corrected chi connectivity index (χ3v) is 7.61. The van der Waals surface area contributed by atoms with Crippen LogP contribution in [0.4, 0.5) is 5.82 Å². The Kier molecular flexibility index (Phi) is 6.92. The molecule has 0 spiro atoms. The fourth-order valence-corrected chi connectivity index (χ4v) is 5.32. The molecule has 2 heterocycles. The van der Waals surface area contributed by atoms with Crippen LogP contribution in [0.1, 0.15) is 16.8 Å². The number of rotatable bonds is 7. The number of anilines is 1. The first-order valence-electron chi connectivity index (χ1n) is 11.0. The van der Waals surface area contributed by atoms with E-state index in [1.54, 1.807) is 28.9 Å². The minimum Gasteiger partial charge on any atom is -0.310 e. The molecule has 1 amide bonds. The van der Waals surface area contributed by atoms with Gasteiger partial charge in [-0.3, -0.25) is 9.69 Å². The van der Waals surface area contributed by atoms with Crippen molar-refractivity contribution >= 4 is 21.7 Å². The summed E-state index contributed by atoms with van der Waals surface area (Å²) in [7, 11) is -3.52. The van der Waals surface area contributed by atoms with E-state index in [9.17, 15) is 13.2 Å². The van der Waals surface area contributed by atoms with Gasteiger partial charge in [0.1, 0.15) is 5.82 Å². The van der Waals surface area contributed by atoms with E-state index in [-0.39, 0.29) is 12.5 Å². The number of hydrogen-bond donors (Lipinski definition) is 1. The molecule has 0 saturated carbocycles. The molecule has 0 atom stereocenters. The Morgan fingerprint density at radius 2 is 1.64 bits per heavy atom. The van der Waals surface area contributed by atoms with Crippen LogP contribution in [0.2, 0.25) is 0 Å². The lowest BCUT2D eigenvalue weighted by Gasteiger charge is -2.33. The predicted molar refractivity (Wildman–Crippen MR) is 128 cm³/mol. The summed E-state index contributed by atoms with van der Waals surface area (Å²) < 4.78 is 29.0. The average Bonchev–Trinajstić information content (AvgIpc) is 3.13. The molecule has 33 heavy (non-hydrogen) atoms. The zero-order valence-corrected chi connectivity index (χ0v) is 19.8. The number of hydrogen-bond acceptors (Lipinski definition) is 5. The van der Waals surface area contributed by atoms with Gasteiger partial charge in [-0.1, -0.05) is 48.0 Å². The molecule has 2 aromatic carbocycles. The van der Waals surface area contributed by atoms with Crippen molar-refractivity contribution in [2.24, 2.45) is 0 Å². The summed E-state index contributed by atoms with van der Waals surface area (Å²) in [5.74, 6) is 0.515. The van der Waals surface area contributed by atoms with Crippen LogP contribution in [-0.2, 0) is 21.4 Å². The minimum absolute atomic E-state index is 0.140. The Hall–Kier alpha value is -3.01. The summed E-state index contributed by atoms with van der Waals surface area (Å²) in [6, 6.07) is 18.7. The minimum atomic E-state index is -3.52. The molecule has 9 heteroatoms. The standard InChI is InChI=1S/C24H29N5O3S/c1-19-8-10-22(11-9-19)33(31,32)28-14-12-27(13-15-28)18-24(30)25-23-16-20(2)26-29(23)17-21-6-4-3-5-7-21/h3-11,16H,12-15,17-18H2,1-2H3,(H,25,30). The van der Waals surface area contributed by atoms with Gasteiger partial charge in [-0.2, -0.15) is 9.40 Å². The van der Waals surface area contributed by atoms with E-state index in [4.69, 9.17) is 0 Å². The lowest BCUT2D eigenvalue weighted by Crippen LogP contribution is -2.50. The highest BCUT2D eigenvalue weighted by atomic mass is 32.2. The molecule has 1 aliphatic heterocycles. The average molecular weight is 468 g/mol. The Bertz CT molecular complexity index is 1200. The number of aromatic nitrogens is 2. The topological polar surface area (TPSA) is 87.5 Å². The zero-order valence-electron chi connectivity index (χ0n) is 18.9. The first-order chi connectivity index (χ1) is 15.8. The van der Waals surface area contributed by atoms with Gasteiger partial charge in [0.25, 0.3) is 0 Å². The highest BCUT2D eigenvalue weighted by Crippen LogP contribution is 2.18. The first kappa shape index (κ1) is 23.2. The van der Waals surface area contributed by atoms with Gasteiger partial charge in [-0.15, -0.1) is 0 Å². The van der Waals surface area contributed by atoms with Crippen LogP contribution < -0.4 is 5.32 Å². The smallest absolute Gasteiger partial charge is 0.243 e. The van der Waals surface area contributed by atoms with E-state index < -0.39 is 10.0 Å². The van der Waals surface area contributed by atoms with Crippen molar-refractivity contribution in [1.29, 1.82) is 0 Å². The molecule has 0 aliphatic carbocycles.